The number of methoxy groups -OCH3 is 4. The minimum atomic E-state index is -3.72. The standard InChI is InChI=1S/2C23H24N4O4S2/c1-30-20-8-7-17(14-21(20)31-2)13-19-16-32-23(25-19)26-9-11-27(12-10-26)33(28,29)22-6-4-3-5-18(22)15-24;1-30-20-7-8-21(31-2)18(14-20)13-19-16-32-23(25-19)26-9-11-27(12-10-26)33(28,29)22-6-4-3-5-17(22)15-24/h2*3-8,14,16H,9-13H2,1-2H3. The molecule has 0 N–H and O–H groups in total. The maximum absolute atomic E-state index is 13.1. The van der Waals surface area contributed by atoms with Crippen molar-refractivity contribution in [2.45, 2.75) is 22.6 Å². The fourth-order valence-corrected chi connectivity index (χ4v) is 12.4. The molecule has 0 saturated carbocycles. The van der Waals surface area contributed by atoms with E-state index in [0.29, 0.717) is 76.7 Å². The van der Waals surface area contributed by atoms with Crippen LogP contribution in [-0.4, -0.2) is 116 Å². The van der Waals surface area contributed by atoms with E-state index in [-0.39, 0.29) is 20.9 Å². The van der Waals surface area contributed by atoms with Crippen molar-refractivity contribution in [2.24, 2.45) is 0 Å². The molecule has 2 fully saturated rings. The minimum absolute atomic E-state index is 0.0599. The number of thiazole rings is 2. The van der Waals surface area contributed by atoms with Gasteiger partial charge in [-0.25, -0.2) is 26.8 Å². The van der Waals surface area contributed by atoms with E-state index < -0.39 is 20.0 Å². The van der Waals surface area contributed by atoms with E-state index in [1.165, 1.54) is 32.9 Å². The van der Waals surface area contributed by atoms with Gasteiger partial charge in [-0.15, -0.1) is 22.7 Å². The number of aromatic nitrogens is 2. The molecule has 344 valence electrons. The number of nitriles is 2. The molecule has 0 bridgehead atoms. The summed E-state index contributed by atoms with van der Waals surface area (Å²) in [5.74, 6) is 2.91. The first-order valence-electron chi connectivity index (χ1n) is 20.7. The Bertz CT molecular complexity index is 2950. The highest BCUT2D eigenvalue weighted by Crippen LogP contribution is 2.32. The molecule has 0 atom stereocenters. The molecule has 4 heterocycles. The molecule has 16 nitrogen and oxygen atoms in total. The Labute approximate surface area is 393 Å². The maximum atomic E-state index is 13.1. The fraction of sp³-hybridized carbons (Fsp3) is 0.304. The summed E-state index contributed by atoms with van der Waals surface area (Å²) in [4.78, 5) is 13.9. The van der Waals surface area contributed by atoms with Gasteiger partial charge in [0.2, 0.25) is 20.0 Å². The van der Waals surface area contributed by atoms with Gasteiger partial charge in [-0.2, -0.15) is 19.1 Å². The summed E-state index contributed by atoms with van der Waals surface area (Å²) in [5.41, 5.74) is 4.24. The smallest absolute Gasteiger partial charge is 0.244 e. The molecular formula is C46H48N8O8S4. The number of hydrogen-bond donors (Lipinski definition) is 0. The van der Waals surface area contributed by atoms with Gasteiger partial charge in [0.05, 0.1) is 60.7 Å². The topological polar surface area (TPSA) is 192 Å². The van der Waals surface area contributed by atoms with Gasteiger partial charge >= 0.3 is 0 Å². The van der Waals surface area contributed by atoms with Crippen LogP contribution in [0.2, 0.25) is 0 Å². The molecule has 0 spiro atoms. The minimum Gasteiger partial charge on any atom is -0.497 e. The Kier molecular flexibility index (Phi) is 15.4. The van der Waals surface area contributed by atoms with Crippen molar-refractivity contribution in [3.8, 4) is 35.1 Å². The lowest BCUT2D eigenvalue weighted by Crippen LogP contribution is -2.48. The normalized spacial score (nSPS) is 14.6. The number of piperazine rings is 2. The molecule has 8 rings (SSSR count). The van der Waals surface area contributed by atoms with Crippen molar-refractivity contribution in [2.75, 3.05) is 90.6 Å². The second kappa shape index (κ2) is 21.4. The van der Waals surface area contributed by atoms with Crippen molar-refractivity contribution in [1.29, 1.82) is 10.5 Å². The average Bonchev–Trinajstić information content (AvgIpc) is 4.04. The number of rotatable bonds is 14. The Morgan fingerprint density at radius 3 is 1.50 bits per heavy atom. The van der Waals surface area contributed by atoms with Gasteiger partial charge in [-0.1, -0.05) is 30.3 Å². The largest absolute Gasteiger partial charge is 0.497 e. The number of hydrogen-bond acceptors (Lipinski definition) is 16. The molecule has 66 heavy (non-hydrogen) atoms. The molecule has 0 aliphatic carbocycles. The second-order valence-electron chi connectivity index (χ2n) is 15.0. The first-order chi connectivity index (χ1) is 31.9. The van der Waals surface area contributed by atoms with Crippen LogP contribution >= 0.6 is 22.7 Å². The van der Waals surface area contributed by atoms with E-state index in [1.807, 2.05) is 59.3 Å². The lowest BCUT2D eigenvalue weighted by Gasteiger charge is -2.33. The highest BCUT2D eigenvalue weighted by atomic mass is 32.2. The first-order valence-corrected chi connectivity index (χ1v) is 25.3. The number of sulfonamides is 2. The third kappa shape index (κ3) is 10.7. The highest BCUT2D eigenvalue weighted by Gasteiger charge is 2.32. The summed E-state index contributed by atoms with van der Waals surface area (Å²) in [6.07, 6.45) is 1.27. The SMILES string of the molecule is COc1ccc(Cc2csc(N3CCN(S(=O)(=O)c4ccccc4C#N)CC3)n2)cc1OC.COc1ccc(OC)c(Cc2csc(N3CCN(S(=O)(=O)c4ccccc4C#N)CC3)n2)c1. The van der Waals surface area contributed by atoms with Crippen LogP contribution in [0.4, 0.5) is 10.3 Å². The zero-order valence-corrected chi connectivity index (χ0v) is 40.1. The van der Waals surface area contributed by atoms with E-state index in [9.17, 15) is 27.4 Å². The number of anilines is 2. The molecule has 20 heteroatoms. The third-order valence-electron chi connectivity index (χ3n) is 11.0. The molecule has 2 aromatic heterocycles. The monoisotopic (exact) mass is 968 g/mol. The summed E-state index contributed by atoms with van der Waals surface area (Å²) in [6, 6.07) is 28.1. The molecule has 0 radical (unpaired) electrons. The second-order valence-corrected chi connectivity index (χ2v) is 20.4. The summed E-state index contributed by atoms with van der Waals surface area (Å²) >= 11 is 3.09. The Morgan fingerprint density at radius 2 is 1.03 bits per heavy atom. The van der Waals surface area contributed by atoms with Crippen molar-refractivity contribution in [3.05, 3.63) is 129 Å². The predicted octanol–water partition coefficient (Wildman–Crippen LogP) is 6.27. The van der Waals surface area contributed by atoms with Crippen LogP contribution in [-0.2, 0) is 32.9 Å². The molecule has 2 aliphatic rings. The Morgan fingerprint density at radius 1 is 0.561 bits per heavy atom. The average molecular weight is 969 g/mol. The van der Waals surface area contributed by atoms with Crippen LogP contribution in [0, 0.1) is 22.7 Å². The van der Waals surface area contributed by atoms with Crippen LogP contribution in [0.5, 0.6) is 23.0 Å². The van der Waals surface area contributed by atoms with Crippen LogP contribution in [0.15, 0.2) is 105 Å². The molecule has 0 amide bonds. The molecule has 6 aromatic rings. The van der Waals surface area contributed by atoms with E-state index in [4.69, 9.17) is 28.9 Å². The van der Waals surface area contributed by atoms with Crippen molar-refractivity contribution in [3.63, 3.8) is 0 Å². The number of nitrogens with zero attached hydrogens (tertiary/aromatic N) is 8. The lowest BCUT2D eigenvalue weighted by molar-refractivity contribution is 0.354. The summed E-state index contributed by atoms with van der Waals surface area (Å²) in [7, 11) is -0.942. The van der Waals surface area contributed by atoms with Gasteiger partial charge in [0.25, 0.3) is 0 Å². The van der Waals surface area contributed by atoms with Crippen molar-refractivity contribution >= 4 is 53.0 Å². The maximum Gasteiger partial charge on any atom is 0.244 e. The summed E-state index contributed by atoms with van der Waals surface area (Å²) < 4.78 is 76.5. The Balaban J connectivity index is 0.000000196. The van der Waals surface area contributed by atoms with Gasteiger partial charge in [0.15, 0.2) is 21.8 Å². The van der Waals surface area contributed by atoms with Crippen LogP contribution in [0.1, 0.15) is 33.6 Å². The molecule has 2 aliphatic heterocycles. The third-order valence-corrected chi connectivity index (χ3v) is 16.9. The predicted molar refractivity (Wildman–Crippen MR) is 253 cm³/mol. The van der Waals surface area contributed by atoms with Crippen LogP contribution in [0.25, 0.3) is 0 Å². The van der Waals surface area contributed by atoms with Gasteiger partial charge in [0, 0.05) is 81.5 Å². The Hall–Kier alpha value is -6.26. The molecule has 0 unspecified atom stereocenters. The number of ether oxygens (including phenoxy) is 4. The molecule has 2 saturated heterocycles. The number of benzene rings is 4. The molecular weight excluding hydrogens is 921 g/mol. The molecule has 4 aromatic carbocycles. The van der Waals surface area contributed by atoms with Gasteiger partial charge in [-0.3, -0.25) is 0 Å². The van der Waals surface area contributed by atoms with E-state index in [1.54, 1.807) is 75.4 Å². The zero-order valence-electron chi connectivity index (χ0n) is 36.8. The van der Waals surface area contributed by atoms with Gasteiger partial charge < -0.3 is 28.7 Å². The van der Waals surface area contributed by atoms with Gasteiger partial charge in [-0.05, 0) is 60.2 Å². The fourth-order valence-electron chi connectivity index (χ4n) is 7.55. The zero-order chi connectivity index (χ0) is 46.8. The van der Waals surface area contributed by atoms with Crippen LogP contribution in [0.3, 0.4) is 0 Å². The van der Waals surface area contributed by atoms with Gasteiger partial charge in [0.1, 0.15) is 23.6 Å². The first kappa shape index (κ1) is 47.7. The highest BCUT2D eigenvalue weighted by molar-refractivity contribution is 7.89. The summed E-state index contributed by atoms with van der Waals surface area (Å²) in [5, 5.41) is 24.3. The van der Waals surface area contributed by atoms with Crippen molar-refractivity contribution in [1.82, 2.24) is 18.6 Å². The van der Waals surface area contributed by atoms with E-state index >= 15 is 0 Å². The summed E-state index contributed by atoms with van der Waals surface area (Å²) in [6.45, 7) is 3.49. The van der Waals surface area contributed by atoms with Crippen LogP contribution < -0.4 is 28.7 Å². The van der Waals surface area contributed by atoms with E-state index in [2.05, 4.69) is 9.80 Å². The lowest BCUT2D eigenvalue weighted by atomic mass is 10.1. The van der Waals surface area contributed by atoms with E-state index in [0.717, 1.165) is 44.3 Å². The quantitative estimate of drug-likeness (QED) is 0.119. The van der Waals surface area contributed by atoms with Crippen molar-refractivity contribution < 1.29 is 35.8 Å².